The molecule has 110 valence electrons. The van der Waals surface area contributed by atoms with Crippen molar-refractivity contribution in [2.45, 2.75) is 52.9 Å². The van der Waals surface area contributed by atoms with Crippen molar-refractivity contribution in [3.63, 3.8) is 0 Å². The zero-order valence-electron chi connectivity index (χ0n) is 13.1. The minimum absolute atomic E-state index is 0.0904. The maximum Gasteiger partial charge on any atom is 0.183 e. The van der Waals surface area contributed by atoms with Gasteiger partial charge in [0.2, 0.25) is 0 Å². The van der Waals surface area contributed by atoms with Crippen LogP contribution in [-0.4, -0.2) is 16.5 Å². The number of aromatic nitrogens is 2. The Morgan fingerprint density at radius 2 is 1.95 bits per heavy atom. The Morgan fingerprint density at radius 3 is 2.50 bits per heavy atom. The SMILES string of the molecule is CCNc1nc(-c2sc(C(C)(C)C)nc2C(C)C)cs1. The highest BCUT2D eigenvalue weighted by atomic mass is 32.1. The first kappa shape index (κ1) is 15.4. The van der Waals surface area contributed by atoms with Crippen molar-refractivity contribution in [3.8, 4) is 10.6 Å². The van der Waals surface area contributed by atoms with Crippen LogP contribution in [0.25, 0.3) is 10.6 Å². The van der Waals surface area contributed by atoms with Crippen LogP contribution in [0.3, 0.4) is 0 Å². The van der Waals surface area contributed by atoms with Crippen molar-refractivity contribution < 1.29 is 0 Å². The van der Waals surface area contributed by atoms with Gasteiger partial charge in [0.05, 0.1) is 21.3 Å². The fourth-order valence-corrected chi connectivity index (χ4v) is 3.92. The second kappa shape index (κ2) is 5.82. The molecule has 0 aromatic carbocycles. The lowest BCUT2D eigenvalue weighted by atomic mass is 9.98. The molecule has 0 radical (unpaired) electrons. The van der Waals surface area contributed by atoms with Crippen LogP contribution in [-0.2, 0) is 5.41 Å². The van der Waals surface area contributed by atoms with Gasteiger partial charge in [-0.2, -0.15) is 0 Å². The highest BCUT2D eigenvalue weighted by molar-refractivity contribution is 7.17. The molecule has 0 fully saturated rings. The van der Waals surface area contributed by atoms with Gasteiger partial charge in [0, 0.05) is 17.3 Å². The van der Waals surface area contributed by atoms with Gasteiger partial charge in [-0.1, -0.05) is 34.6 Å². The Hall–Kier alpha value is -0.940. The van der Waals surface area contributed by atoms with E-state index in [0.29, 0.717) is 5.92 Å². The molecule has 3 nitrogen and oxygen atoms in total. The average Bonchev–Trinajstić information content (AvgIpc) is 2.93. The summed E-state index contributed by atoms with van der Waals surface area (Å²) in [7, 11) is 0. The number of hydrogen-bond donors (Lipinski definition) is 1. The Morgan fingerprint density at radius 1 is 1.25 bits per heavy atom. The van der Waals surface area contributed by atoms with Gasteiger partial charge < -0.3 is 5.32 Å². The van der Waals surface area contributed by atoms with E-state index in [2.05, 4.69) is 57.2 Å². The van der Waals surface area contributed by atoms with E-state index in [9.17, 15) is 0 Å². The molecular formula is C15H23N3S2. The van der Waals surface area contributed by atoms with Crippen LogP contribution in [0.15, 0.2) is 5.38 Å². The van der Waals surface area contributed by atoms with E-state index in [4.69, 9.17) is 4.98 Å². The highest BCUT2D eigenvalue weighted by Crippen LogP contribution is 2.39. The van der Waals surface area contributed by atoms with Gasteiger partial charge in [-0.05, 0) is 12.8 Å². The van der Waals surface area contributed by atoms with E-state index in [1.165, 1.54) is 15.6 Å². The van der Waals surface area contributed by atoms with E-state index >= 15 is 0 Å². The molecule has 2 rings (SSSR count). The van der Waals surface area contributed by atoms with Crippen molar-refractivity contribution in [1.29, 1.82) is 0 Å². The molecule has 5 heteroatoms. The monoisotopic (exact) mass is 309 g/mol. The molecule has 0 unspecified atom stereocenters. The van der Waals surface area contributed by atoms with Gasteiger partial charge in [-0.15, -0.1) is 22.7 Å². The molecule has 0 spiro atoms. The Bertz CT molecular complexity index is 576. The molecule has 2 heterocycles. The first-order valence-corrected chi connectivity index (χ1v) is 8.73. The summed E-state index contributed by atoms with van der Waals surface area (Å²) in [5, 5.41) is 7.58. The molecular weight excluding hydrogens is 286 g/mol. The first-order valence-electron chi connectivity index (χ1n) is 7.04. The van der Waals surface area contributed by atoms with Gasteiger partial charge in [0.15, 0.2) is 5.13 Å². The minimum Gasteiger partial charge on any atom is -0.362 e. The smallest absolute Gasteiger partial charge is 0.183 e. The number of hydrogen-bond acceptors (Lipinski definition) is 5. The third-order valence-corrected chi connectivity index (χ3v) is 5.23. The zero-order valence-corrected chi connectivity index (χ0v) is 14.7. The van der Waals surface area contributed by atoms with Crippen molar-refractivity contribution >= 4 is 27.8 Å². The molecule has 0 atom stereocenters. The third-order valence-electron chi connectivity index (χ3n) is 2.91. The summed E-state index contributed by atoms with van der Waals surface area (Å²) in [5.74, 6) is 0.418. The number of anilines is 1. The standard InChI is InChI=1S/C15H23N3S2/c1-7-16-14-17-10(8-19-14)12-11(9(2)3)18-13(20-12)15(4,5)6/h8-9H,7H2,1-6H3,(H,16,17). The summed E-state index contributed by atoms with van der Waals surface area (Å²) < 4.78 is 0. The molecule has 1 N–H and O–H groups in total. The van der Waals surface area contributed by atoms with Crippen LogP contribution >= 0.6 is 22.7 Å². The van der Waals surface area contributed by atoms with Crippen LogP contribution in [0.1, 0.15) is 58.2 Å². The molecule has 0 amide bonds. The Labute approximate surface area is 129 Å². The molecule has 0 aliphatic heterocycles. The van der Waals surface area contributed by atoms with E-state index in [0.717, 1.165) is 17.4 Å². The summed E-state index contributed by atoms with van der Waals surface area (Å²) >= 11 is 3.45. The van der Waals surface area contributed by atoms with Gasteiger partial charge in [-0.25, -0.2) is 9.97 Å². The summed E-state index contributed by atoms with van der Waals surface area (Å²) in [6.45, 7) is 14.0. The molecule has 0 bridgehead atoms. The van der Waals surface area contributed by atoms with Crippen LogP contribution in [0.5, 0.6) is 0 Å². The summed E-state index contributed by atoms with van der Waals surface area (Å²) in [6.07, 6.45) is 0. The van der Waals surface area contributed by atoms with Crippen LogP contribution < -0.4 is 5.32 Å². The highest BCUT2D eigenvalue weighted by Gasteiger charge is 2.24. The van der Waals surface area contributed by atoms with Crippen molar-refractivity contribution in [2.75, 3.05) is 11.9 Å². The van der Waals surface area contributed by atoms with Crippen molar-refractivity contribution in [1.82, 2.24) is 9.97 Å². The molecule has 2 aromatic rings. The second-order valence-corrected chi connectivity index (χ2v) is 8.06. The van der Waals surface area contributed by atoms with E-state index < -0.39 is 0 Å². The van der Waals surface area contributed by atoms with Crippen LogP contribution in [0.2, 0.25) is 0 Å². The third kappa shape index (κ3) is 3.20. The van der Waals surface area contributed by atoms with Crippen LogP contribution in [0.4, 0.5) is 5.13 Å². The number of thiazole rings is 2. The number of nitrogens with zero attached hydrogens (tertiary/aromatic N) is 2. The zero-order chi connectivity index (χ0) is 14.9. The second-order valence-electron chi connectivity index (χ2n) is 6.21. The van der Waals surface area contributed by atoms with Crippen LogP contribution in [0, 0.1) is 0 Å². The average molecular weight is 310 g/mol. The minimum atomic E-state index is 0.0904. The normalized spacial score (nSPS) is 12.2. The fraction of sp³-hybridized carbons (Fsp3) is 0.600. The summed E-state index contributed by atoms with van der Waals surface area (Å²) in [4.78, 5) is 10.8. The number of nitrogens with one attached hydrogen (secondary N) is 1. The van der Waals surface area contributed by atoms with E-state index in [1.54, 1.807) is 22.7 Å². The molecule has 0 saturated carbocycles. The maximum atomic E-state index is 4.88. The van der Waals surface area contributed by atoms with Gasteiger partial charge in [0.25, 0.3) is 0 Å². The quantitative estimate of drug-likeness (QED) is 0.852. The van der Waals surface area contributed by atoms with Gasteiger partial charge in [0.1, 0.15) is 0 Å². The lowest BCUT2D eigenvalue weighted by Crippen LogP contribution is -2.10. The summed E-state index contributed by atoms with van der Waals surface area (Å²) in [5.41, 5.74) is 2.32. The predicted molar refractivity (Wildman–Crippen MR) is 90.2 cm³/mol. The van der Waals surface area contributed by atoms with Crippen molar-refractivity contribution in [2.24, 2.45) is 0 Å². The largest absolute Gasteiger partial charge is 0.362 e. The van der Waals surface area contributed by atoms with E-state index in [-0.39, 0.29) is 5.41 Å². The molecule has 2 aromatic heterocycles. The predicted octanol–water partition coefficient (Wildman–Crippen LogP) is 5.12. The molecule has 0 aliphatic carbocycles. The first-order chi connectivity index (χ1) is 9.32. The Balaban J connectivity index is 2.45. The Kier molecular flexibility index (Phi) is 4.49. The molecule has 0 aliphatic rings. The lowest BCUT2D eigenvalue weighted by molar-refractivity contribution is 0.581. The fourth-order valence-electron chi connectivity index (χ4n) is 1.84. The van der Waals surface area contributed by atoms with E-state index in [1.807, 2.05) is 0 Å². The van der Waals surface area contributed by atoms with Gasteiger partial charge >= 0.3 is 0 Å². The molecule has 0 saturated heterocycles. The van der Waals surface area contributed by atoms with Crippen molar-refractivity contribution in [3.05, 3.63) is 16.1 Å². The van der Waals surface area contributed by atoms with Gasteiger partial charge in [-0.3, -0.25) is 0 Å². The summed E-state index contributed by atoms with van der Waals surface area (Å²) in [6, 6.07) is 0. The number of rotatable bonds is 4. The maximum absolute atomic E-state index is 4.88. The topological polar surface area (TPSA) is 37.8 Å². The lowest BCUT2D eigenvalue weighted by Gasteiger charge is -2.13. The molecule has 20 heavy (non-hydrogen) atoms.